The van der Waals surface area contributed by atoms with Crippen molar-refractivity contribution in [3.63, 3.8) is 0 Å². The Kier molecular flexibility index (Phi) is 2.32. The Labute approximate surface area is 84.5 Å². The molecule has 0 unspecified atom stereocenters. The Morgan fingerprint density at radius 3 is 3.00 bits per heavy atom. The minimum absolute atomic E-state index is 0.309. The zero-order chi connectivity index (χ0) is 9.97. The molecule has 0 aliphatic carbocycles. The molecule has 0 amide bonds. The van der Waals surface area contributed by atoms with Crippen molar-refractivity contribution in [2.24, 2.45) is 0 Å². The van der Waals surface area contributed by atoms with Crippen molar-refractivity contribution in [3.05, 3.63) is 29.3 Å². The molecule has 1 N–H and O–H groups in total. The quantitative estimate of drug-likeness (QED) is 0.767. The molecular formula is C9H8N2O2S. The number of nitrogens with one attached hydrogen (secondary N) is 1. The van der Waals surface area contributed by atoms with Crippen LogP contribution < -0.4 is 0 Å². The molecule has 0 saturated carbocycles. The van der Waals surface area contributed by atoms with Crippen LogP contribution in [0.2, 0.25) is 0 Å². The molecule has 2 rings (SSSR count). The number of hydrogen-bond donors (Lipinski definition) is 1. The van der Waals surface area contributed by atoms with Crippen LogP contribution in [0, 0.1) is 0 Å². The van der Waals surface area contributed by atoms with Crippen molar-refractivity contribution in [2.75, 3.05) is 7.11 Å². The molecule has 0 spiro atoms. The van der Waals surface area contributed by atoms with Crippen LogP contribution in [0.5, 0.6) is 0 Å². The van der Waals surface area contributed by atoms with Crippen molar-refractivity contribution >= 4 is 17.3 Å². The summed E-state index contributed by atoms with van der Waals surface area (Å²) in [5.74, 6) is -0.309. The maximum atomic E-state index is 11.2. The summed E-state index contributed by atoms with van der Waals surface area (Å²) in [6.45, 7) is 0. The van der Waals surface area contributed by atoms with Crippen LogP contribution in [0.1, 0.15) is 9.67 Å². The van der Waals surface area contributed by atoms with E-state index in [0.29, 0.717) is 4.88 Å². The van der Waals surface area contributed by atoms with Gasteiger partial charge in [0.1, 0.15) is 10.6 Å². The maximum absolute atomic E-state index is 11.2. The molecule has 2 aromatic rings. The van der Waals surface area contributed by atoms with Gasteiger partial charge in [-0.05, 0) is 18.2 Å². The highest BCUT2D eigenvalue weighted by atomic mass is 32.1. The lowest BCUT2D eigenvalue weighted by Crippen LogP contribution is -1.96. The lowest BCUT2D eigenvalue weighted by Gasteiger charge is -1.91. The van der Waals surface area contributed by atoms with Gasteiger partial charge in [-0.3, -0.25) is 5.10 Å². The van der Waals surface area contributed by atoms with E-state index in [9.17, 15) is 4.79 Å². The van der Waals surface area contributed by atoms with Gasteiger partial charge in [-0.15, -0.1) is 11.3 Å². The fourth-order valence-electron chi connectivity index (χ4n) is 1.08. The molecule has 0 saturated heterocycles. The van der Waals surface area contributed by atoms with Gasteiger partial charge in [0.15, 0.2) is 0 Å². The number of esters is 1. The number of ether oxygens (including phenoxy) is 1. The average Bonchev–Trinajstić information content (AvgIpc) is 2.86. The van der Waals surface area contributed by atoms with Crippen molar-refractivity contribution in [3.8, 4) is 10.6 Å². The number of aromatic amines is 1. The van der Waals surface area contributed by atoms with E-state index in [2.05, 4.69) is 14.9 Å². The van der Waals surface area contributed by atoms with Gasteiger partial charge < -0.3 is 4.74 Å². The molecule has 14 heavy (non-hydrogen) atoms. The van der Waals surface area contributed by atoms with Gasteiger partial charge in [-0.1, -0.05) is 0 Å². The number of rotatable bonds is 2. The molecule has 0 atom stereocenters. The van der Waals surface area contributed by atoms with E-state index in [4.69, 9.17) is 0 Å². The first kappa shape index (κ1) is 8.96. The van der Waals surface area contributed by atoms with E-state index in [1.54, 1.807) is 12.3 Å². The lowest BCUT2D eigenvalue weighted by molar-refractivity contribution is 0.0606. The Morgan fingerprint density at radius 1 is 1.50 bits per heavy atom. The van der Waals surface area contributed by atoms with Crippen LogP contribution in [0.15, 0.2) is 24.4 Å². The van der Waals surface area contributed by atoms with E-state index in [-0.39, 0.29) is 5.97 Å². The first-order valence-corrected chi connectivity index (χ1v) is 4.81. The third-order valence-corrected chi connectivity index (χ3v) is 2.83. The zero-order valence-corrected chi connectivity index (χ0v) is 8.30. The number of hydrogen-bond acceptors (Lipinski definition) is 4. The molecule has 0 aliphatic heterocycles. The minimum Gasteiger partial charge on any atom is -0.465 e. The summed E-state index contributed by atoms with van der Waals surface area (Å²) in [6.07, 6.45) is 1.74. The average molecular weight is 208 g/mol. The summed E-state index contributed by atoms with van der Waals surface area (Å²) in [6, 6.07) is 5.44. The van der Waals surface area contributed by atoms with Crippen molar-refractivity contribution in [2.45, 2.75) is 0 Å². The van der Waals surface area contributed by atoms with E-state index in [0.717, 1.165) is 10.6 Å². The molecule has 0 aliphatic rings. The summed E-state index contributed by atoms with van der Waals surface area (Å²) < 4.78 is 4.61. The van der Waals surface area contributed by atoms with Crippen LogP contribution in [0.3, 0.4) is 0 Å². The summed E-state index contributed by atoms with van der Waals surface area (Å²) in [7, 11) is 1.37. The SMILES string of the molecule is COC(=O)c1ccc(-c2cc[nH]n2)s1. The predicted molar refractivity (Wildman–Crippen MR) is 53.2 cm³/mol. The van der Waals surface area contributed by atoms with Gasteiger partial charge in [-0.2, -0.15) is 5.10 Å². The fourth-order valence-corrected chi connectivity index (χ4v) is 1.98. The molecule has 4 nitrogen and oxygen atoms in total. The summed E-state index contributed by atoms with van der Waals surface area (Å²) in [4.78, 5) is 12.7. The normalized spacial score (nSPS) is 10.1. The molecule has 72 valence electrons. The second-order valence-electron chi connectivity index (χ2n) is 2.61. The van der Waals surface area contributed by atoms with Crippen LogP contribution >= 0.6 is 11.3 Å². The topological polar surface area (TPSA) is 55.0 Å². The number of nitrogens with zero attached hydrogens (tertiary/aromatic N) is 1. The first-order chi connectivity index (χ1) is 6.81. The zero-order valence-electron chi connectivity index (χ0n) is 7.48. The van der Waals surface area contributed by atoms with Crippen molar-refractivity contribution in [1.82, 2.24) is 10.2 Å². The lowest BCUT2D eigenvalue weighted by atomic mass is 10.3. The molecule has 0 aromatic carbocycles. The number of methoxy groups -OCH3 is 1. The summed E-state index contributed by atoms with van der Waals surface area (Å²) in [5.41, 5.74) is 0.838. The molecule has 0 fully saturated rings. The van der Waals surface area contributed by atoms with Crippen molar-refractivity contribution in [1.29, 1.82) is 0 Å². The van der Waals surface area contributed by atoms with Crippen LogP contribution in [-0.2, 0) is 4.74 Å². The highest BCUT2D eigenvalue weighted by molar-refractivity contribution is 7.17. The number of thiophene rings is 1. The standard InChI is InChI=1S/C9H8N2O2S/c1-13-9(12)8-3-2-7(14-8)6-4-5-10-11-6/h2-5H,1H3,(H,10,11). The van der Waals surface area contributed by atoms with Crippen LogP contribution in [0.25, 0.3) is 10.6 Å². The van der Waals surface area contributed by atoms with Crippen LogP contribution in [-0.4, -0.2) is 23.3 Å². The van der Waals surface area contributed by atoms with Crippen LogP contribution in [0.4, 0.5) is 0 Å². The van der Waals surface area contributed by atoms with Gasteiger partial charge in [0.2, 0.25) is 0 Å². The third-order valence-electron chi connectivity index (χ3n) is 1.75. The Balaban J connectivity index is 2.31. The molecule has 2 aromatic heterocycles. The molecule has 2 heterocycles. The number of carbonyl (C=O) groups is 1. The van der Waals surface area contributed by atoms with Gasteiger partial charge in [0.25, 0.3) is 0 Å². The molecular weight excluding hydrogens is 200 g/mol. The van der Waals surface area contributed by atoms with Gasteiger partial charge >= 0.3 is 5.97 Å². The molecule has 0 bridgehead atoms. The highest BCUT2D eigenvalue weighted by Gasteiger charge is 2.10. The van der Waals surface area contributed by atoms with Gasteiger partial charge in [0.05, 0.1) is 12.0 Å². The smallest absolute Gasteiger partial charge is 0.348 e. The monoisotopic (exact) mass is 208 g/mol. The van der Waals surface area contributed by atoms with E-state index in [1.807, 2.05) is 12.1 Å². The van der Waals surface area contributed by atoms with Gasteiger partial charge in [-0.25, -0.2) is 4.79 Å². The predicted octanol–water partition coefficient (Wildman–Crippen LogP) is 1.92. The second-order valence-corrected chi connectivity index (χ2v) is 3.70. The largest absolute Gasteiger partial charge is 0.465 e. The fraction of sp³-hybridized carbons (Fsp3) is 0.111. The van der Waals surface area contributed by atoms with E-state index >= 15 is 0 Å². The Hall–Kier alpha value is -1.62. The van der Waals surface area contributed by atoms with Gasteiger partial charge in [0, 0.05) is 6.20 Å². The summed E-state index contributed by atoms with van der Waals surface area (Å²) >= 11 is 1.37. The number of H-pyrrole nitrogens is 1. The second kappa shape index (κ2) is 3.63. The maximum Gasteiger partial charge on any atom is 0.348 e. The van der Waals surface area contributed by atoms with E-state index < -0.39 is 0 Å². The summed E-state index contributed by atoms with van der Waals surface area (Å²) in [5, 5.41) is 6.74. The molecule has 0 radical (unpaired) electrons. The van der Waals surface area contributed by atoms with E-state index in [1.165, 1.54) is 18.4 Å². The number of aromatic nitrogens is 2. The van der Waals surface area contributed by atoms with Crippen molar-refractivity contribution < 1.29 is 9.53 Å². The third kappa shape index (κ3) is 1.54. The minimum atomic E-state index is -0.309. The Bertz CT molecular complexity index is 433. The number of carbonyl (C=O) groups excluding carboxylic acids is 1. The highest BCUT2D eigenvalue weighted by Crippen LogP contribution is 2.26. The Morgan fingerprint density at radius 2 is 2.36 bits per heavy atom. The molecule has 5 heteroatoms. The first-order valence-electron chi connectivity index (χ1n) is 3.99.